The van der Waals surface area contributed by atoms with E-state index in [0.717, 1.165) is 4.90 Å². The van der Waals surface area contributed by atoms with Crippen molar-refractivity contribution < 1.29 is 24.2 Å². The lowest BCUT2D eigenvalue weighted by molar-refractivity contribution is -0.129. The molecule has 0 saturated heterocycles. The quantitative estimate of drug-likeness (QED) is 0.865. The molecule has 0 unspecified atom stereocenters. The van der Waals surface area contributed by atoms with Crippen molar-refractivity contribution in [3.63, 3.8) is 0 Å². The van der Waals surface area contributed by atoms with Gasteiger partial charge in [-0.2, -0.15) is 0 Å². The van der Waals surface area contributed by atoms with E-state index in [9.17, 15) is 19.1 Å². The summed E-state index contributed by atoms with van der Waals surface area (Å²) in [6.45, 7) is 0.753. The van der Waals surface area contributed by atoms with Crippen molar-refractivity contribution in [1.82, 2.24) is 4.90 Å². The van der Waals surface area contributed by atoms with Gasteiger partial charge in [-0.05, 0) is 13.0 Å². The summed E-state index contributed by atoms with van der Waals surface area (Å²) in [6, 6.07) is 4.72. The number of carbonyl (C=O) groups excluding carboxylic acids is 2. The molecule has 0 saturated carbocycles. The SMILES string of the molecule is CC(=O)C1=C(O)C(=O)N(CCO)[C@H]1c1ccccc1F. The Bertz CT molecular complexity index is 597. The average molecular weight is 279 g/mol. The Morgan fingerprint density at radius 3 is 2.60 bits per heavy atom. The highest BCUT2D eigenvalue weighted by molar-refractivity contribution is 6.08. The Kier molecular flexibility index (Phi) is 3.85. The maximum atomic E-state index is 13.9. The number of benzene rings is 1. The van der Waals surface area contributed by atoms with Gasteiger partial charge in [0.25, 0.3) is 5.91 Å². The van der Waals surface area contributed by atoms with Crippen LogP contribution in [-0.2, 0) is 9.59 Å². The molecule has 106 valence electrons. The van der Waals surface area contributed by atoms with Crippen LogP contribution in [0.25, 0.3) is 0 Å². The molecule has 1 aromatic carbocycles. The topological polar surface area (TPSA) is 77.8 Å². The normalized spacial score (nSPS) is 18.9. The first-order chi connectivity index (χ1) is 9.49. The molecule has 0 bridgehead atoms. The molecule has 0 fully saturated rings. The van der Waals surface area contributed by atoms with Crippen LogP contribution in [0.1, 0.15) is 18.5 Å². The Morgan fingerprint density at radius 1 is 1.40 bits per heavy atom. The Labute approximate surface area is 114 Å². The molecule has 1 atom stereocenters. The number of rotatable bonds is 4. The summed E-state index contributed by atoms with van der Waals surface area (Å²) in [5, 5.41) is 18.8. The minimum Gasteiger partial charge on any atom is -0.503 e. The second-order valence-corrected chi connectivity index (χ2v) is 4.46. The average Bonchev–Trinajstić information content (AvgIpc) is 2.65. The summed E-state index contributed by atoms with van der Waals surface area (Å²) in [6.07, 6.45) is 0. The summed E-state index contributed by atoms with van der Waals surface area (Å²) >= 11 is 0. The molecule has 2 rings (SSSR count). The van der Waals surface area contributed by atoms with E-state index in [2.05, 4.69) is 0 Å². The molecule has 1 aromatic rings. The maximum Gasteiger partial charge on any atom is 0.290 e. The monoisotopic (exact) mass is 279 g/mol. The minimum absolute atomic E-state index is 0.0985. The van der Waals surface area contributed by atoms with E-state index in [-0.39, 0.29) is 24.3 Å². The number of amides is 1. The van der Waals surface area contributed by atoms with Crippen molar-refractivity contribution >= 4 is 11.7 Å². The predicted octanol–water partition coefficient (Wildman–Crippen LogP) is 1.10. The second kappa shape index (κ2) is 5.42. The first-order valence-electron chi connectivity index (χ1n) is 6.09. The van der Waals surface area contributed by atoms with Crippen LogP contribution in [0.15, 0.2) is 35.6 Å². The summed E-state index contributed by atoms with van der Waals surface area (Å²) < 4.78 is 13.9. The number of ketones is 1. The smallest absolute Gasteiger partial charge is 0.290 e. The van der Waals surface area contributed by atoms with E-state index in [0.29, 0.717) is 0 Å². The number of halogens is 1. The van der Waals surface area contributed by atoms with Gasteiger partial charge in [0.2, 0.25) is 0 Å². The van der Waals surface area contributed by atoms with Crippen LogP contribution in [0.5, 0.6) is 0 Å². The van der Waals surface area contributed by atoms with Gasteiger partial charge in [0.05, 0.1) is 18.2 Å². The van der Waals surface area contributed by atoms with Gasteiger partial charge in [-0.1, -0.05) is 18.2 Å². The molecule has 0 spiro atoms. The van der Waals surface area contributed by atoms with Crippen molar-refractivity contribution in [2.45, 2.75) is 13.0 Å². The van der Waals surface area contributed by atoms with Crippen LogP contribution in [0, 0.1) is 5.82 Å². The van der Waals surface area contributed by atoms with Crippen LogP contribution in [-0.4, -0.2) is 40.0 Å². The summed E-state index contributed by atoms with van der Waals surface area (Å²) in [5.74, 6) is -2.55. The molecule has 0 radical (unpaired) electrons. The molecule has 1 aliphatic rings. The maximum absolute atomic E-state index is 13.9. The Hall–Kier alpha value is -2.21. The van der Waals surface area contributed by atoms with Crippen molar-refractivity contribution in [2.24, 2.45) is 0 Å². The summed E-state index contributed by atoms with van der Waals surface area (Å²) in [7, 11) is 0. The number of nitrogens with zero attached hydrogens (tertiary/aromatic N) is 1. The van der Waals surface area contributed by atoms with Crippen LogP contribution < -0.4 is 0 Å². The van der Waals surface area contributed by atoms with E-state index in [1.807, 2.05) is 0 Å². The highest BCUT2D eigenvalue weighted by Gasteiger charge is 2.42. The molecule has 0 aliphatic carbocycles. The van der Waals surface area contributed by atoms with Crippen LogP contribution >= 0.6 is 0 Å². The zero-order valence-corrected chi connectivity index (χ0v) is 10.8. The summed E-state index contributed by atoms with van der Waals surface area (Å²) in [5.41, 5.74) is -0.0305. The fourth-order valence-corrected chi connectivity index (χ4v) is 2.37. The number of hydrogen-bond acceptors (Lipinski definition) is 4. The lowest BCUT2D eigenvalue weighted by Gasteiger charge is -2.26. The van der Waals surface area contributed by atoms with Crippen LogP contribution in [0.3, 0.4) is 0 Å². The zero-order valence-electron chi connectivity index (χ0n) is 10.8. The number of hydrogen-bond donors (Lipinski definition) is 2. The molecule has 6 heteroatoms. The number of carbonyl (C=O) groups is 2. The third kappa shape index (κ3) is 2.18. The fraction of sp³-hybridized carbons (Fsp3) is 0.286. The van der Waals surface area contributed by atoms with Crippen LogP contribution in [0.4, 0.5) is 4.39 Å². The van der Waals surface area contributed by atoms with E-state index >= 15 is 0 Å². The number of aliphatic hydroxyl groups is 2. The van der Waals surface area contributed by atoms with Gasteiger partial charge in [-0.25, -0.2) is 4.39 Å². The third-order valence-corrected chi connectivity index (χ3v) is 3.22. The van der Waals surface area contributed by atoms with Crippen LogP contribution in [0.2, 0.25) is 0 Å². The molecule has 1 heterocycles. The Morgan fingerprint density at radius 2 is 2.05 bits per heavy atom. The molecule has 1 aliphatic heterocycles. The van der Waals surface area contributed by atoms with Crippen molar-refractivity contribution in [3.05, 3.63) is 47.0 Å². The molecule has 20 heavy (non-hydrogen) atoms. The van der Waals surface area contributed by atoms with Gasteiger partial charge in [0, 0.05) is 12.1 Å². The molecule has 0 aromatic heterocycles. The number of aliphatic hydroxyl groups excluding tert-OH is 2. The van der Waals surface area contributed by atoms with Gasteiger partial charge < -0.3 is 15.1 Å². The lowest BCUT2D eigenvalue weighted by atomic mass is 9.96. The van der Waals surface area contributed by atoms with Crippen molar-refractivity contribution in [3.8, 4) is 0 Å². The highest BCUT2D eigenvalue weighted by Crippen LogP contribution is 2.38. The summed E-state index contributed by atoms with van der Waals surface area (Å²) in [4.78, 5) is 24.7. The van der Waals surface area contributed by atoms with Crippen molar-refractivity contribution in [1.29, 1.82) is 0 Å². The first kappa shape index (κ1) is 14.2. The van der Waals surface area contributed by atoms with E-state index in [1.54, 1.807) is 6.07 Å². The molecule has 5 nitrogen and oxygen atoms in total. The second-order valence-electron chi connectivity index (χ2n) is 4.46. The highest BCUT2D eigenvalue weighted by atomic mass is 19.1. The minimum atomic E-state index is -1.01. The zero-order chi connectivity index (χ0) is 14.9. The first-order valence-corrected chi connectivity index (χ1v) is 6.09. The predicted molar refractivity (Wildman–Crippen MR) is 68.3 cm³/mol. The van der Waals surface area contributed by atoms with Gasteiger partial charge >= 0.3 is 0 Å². The third-order valence-electron chi connectivity index (χ3n) is 3.22. The molecular formula is C14H14FNO4. The van der Waals surface area contributed by atoms with Gasteiger partial charge in [0.15, 0.2) is 11.5 Å². The Balaban J connectivity index is 2.58. The van der Waals surface area contributed by atoms with E-state index < -0.39 is 29.3 Å². The lowest BCUT2D eigenvalue weighted by Crippen LogP contribution is -2.33. The van der Waals surface area contributed by atoms with Gasteiger partial charge in [0.1, 0.15) is 5.82 Å². The standard InChI is InChI=1S/C14H14FNO4/c1-8(18)11-12(9-4-2-3-5-10(9)15)16(6-7-17)14(20)13(11)19/h2-5,12,17,19H,6-7H2,1H3/t12-/m0/s1. The molecule has 2 N–H and O–H groups in total. The number of Topliss-reactive ketones (excluding diaryl/α,β-unsaturated/α-hetero) is 1. The molecular weight excluding hydrogens is 265 g/mol. The largest absolute Gasteiger partial charge is 0.503 e. The van der Waals surface area contributed by atoms with Gasteiger partial charge in [-0.15, -0.1) is 0 Å². The van der Waals surface area contributed by atoms with Gasteiger partial charge in [-0.3, -0.25) is 9.59 Å². The number of β-amino-alcohol motifs (C(OH)–C–C–N with tert-alkyl or cyclic N) is 1. The fourth-order valence-electron chi connectivity index (χ4n) is 2.37. The van der Waals surface area contributed by atoms with E-state index in [1.165, 1.54) is 25.1 Å². The molecule has 1 amide bonds. The van der Waals surface area contributed by atoms with Crippen molar-refractivity contribution in [2.75, 3.05) is 13.2 Å². The van der Waals surface area contributed by atoms with E-state index in [4.69, 9.17) is 5.11 Å².